The first-order chi connectivity index (χ1) is 10.6. The molecular weight excluding hydrogens is 298 g/mol. The van der Waals surface area contributed by atoms with Gasteiger partial charge in [-0.25, -0.2) is 0 Å². The van der Waals surface area contributed by atoms with Gasteiger partial charge in [0, 0.05) is 18.7 Å². The molecule has 5 nitrogen and oxygen atoms in total. The molecule has 2 aliphatic heterocycles. The molecule has 0 aliphatic carbocycles. The van der Waals surface area contributed by atoms with Crippen molar-refractivity contribution in [1.82, 2.24) is 10.2 Å². The normalized spacial score (nSPS) is 22.6. The van der Waals surface area contributed by atoms with Crippen LogP contribution in [0.3, 0.4) is 0 Å². The number of amidine groups is 1. The minimum Gasteiger partial charge on any atom is -0.335 e. The predicted molar refractivity (Wildman–Crippen MR) is 87.6 cm³/mol. The highest BCUT2D eigenvalue weighted by Crippen LogP contribution is 2.28. The lowest BCUT2D eigenvalue weighted by molar-refractivity contribution is -0.130. The number of nitrogens with one attached hydrogen (secondary N) is 1. The number of aliphatic imine (C=N–C) groups is 1. The summed E-state index contributed by atoms with van der Waals surface area (Å²) in [4.78, 5) is 30.5. The molecule has 2 amide bonds. The molecule has 2 heterocycles. The Morgan fingerprint density at radius 3 is 2.86 bits per heavy atom. The average Bonchev–Trinajstić information content (AvgIpc) is 3.17. The minimum absolute atomic E-state index is 0.00954. The van der Waals surface area contributed by atoms with Crippen molar-refractivity contribution in [3.8, 4) is 0 Å². The molecule has 2 atom stereocenters. The predicted octanol–water partition coefficient (Wildman–Crippen LogP) is 1.82. The SMILES string of the molecule is CC(c1ccccc1)N1CC(C(=O)NC2=NCCS2)CC1=O. The van der Waals surface area contributed by atoms with Crippen LogP contribution in [-0.2, 0) is 9.59 Å². The van der Waals surface area contributed by atoms with Crippen LogP contribution >= 0.6 is 11.8 Å². The lowest BCUT2D eigenvalue weighted by Crippen LogP contribution is -2.35. The molecule has 1 aromatic carbocycles. The van der Waals surface area contributed by atoms with Crippen molar-refractivity contribution in [2.24, 2.45) is 10.9 Å². The Bertz CT molecular complexity index is 603. The highest BCUT2D eigenvalue weighted by molar-refractivity contribution is 8.14. The number of rotatable bonds is 3. The molecule has 0 aromatic heterocycles. The van der Waals surface area contributed by atoms with Crippen LogP contribution < -0.4 is 5.32 Å². The number of likely N-dealkylation sites (tertiary alicyclic amines) is 1. The third kappa shape index (κ3) is 3.16. The lowest BCUT2D eigenvalue weighted by atomic mass is 10.1. The van der Waals surface area contributed by atoms with Gasteiger partial charge < -0.3 is 10.2 Å². The molecule has 116 valence electrons. The number of hydrogen-bond acceptors (Lipinski definition) is 4. The fourth-order valence-corrected chi connectivity index (χ4v) is 3.54. The lowest BCUT2D eigenvalue weighted by Gasteiger charge is -2.25. The molecule has 1 N–H and O–H groups in total. The summed E-state index contributed by atoms with van der Waals surface area (Å²) in [5.41, 5.74) is 1.09. The Kier molecular flexibility index (Phi) is 4.47. The Balaban J connectivity index is 1.64. The number of nitrogens with zero attached hydrogens (tertiary/aromatic N) is 2. The summed E-state index contributed by atoms with van der Waals surface area (Å²) in [6.07, 6.45) is 0.279. The molecule has 1 saturated heterocycles. The molecule has 1 aromatic rings. The Morgan fingerprint density at radius 1 is 1.41 bits per heavy atom. The van der Waals surface area contributed by atoms with Crippen LogP contribution in [0.15, 0.2) is 35.3 Å². The van der Waals surface area contributed by atoms with Gasteiger partial charge in [-0.2, -0.15) is 0 Å². The Labute approximate surface area is 134 Å². The van der Waals surface area contributed by atoms with E-state index in [1.54, 1.807) is 16.7 Å². The summed E-state index contributed by atoms with van der Waals surface area (Å²) in [5, 5.41) is 3.52. The highest BCUT2D eigenvalue weighted by Gasteiger charge is 2.37. The zero-order valence-electron chi connectivity index (χ0n) is 12.5. The minimum atomic E-state index is -0.289. The molecule has 0 spiro atoms. The van der Waals surface area contributed by atoms with E-state index in [4.69, 9.17) is 0 Å². The summed E-state index contributed by atoms with van der Waals surface area (Å²) in [6.45, 7) is 3.23. The molecule has 3 rings (SSSR count). The molecule has 6 heteroatoms. The first kappa shape index (κ1) is 15.1. The van der Waals surface area contributed by atoms with Crippen molar-refractivity contribution in [3.05, 3.63) is 35.9 Å². The van der Waals surface area contributed by atoms with Crippen LogP contribution in [0, 0.1) is 5.92 Å². The molecule has 0 bridgehead atoms. The summed E-state index contributed by atoms with van der Waals surface area (Å²) in [7, 11) is 0. The zero-order chi connectivity index (χ0) is 15.5. The summed E-state index contributed by atoms with van der Waals surface area (Å²) in [5.74, 6) is 0.570. The molecule has 2 aliphatic rings. The standard InChI is InChI=1S/C16H19N3O2S/c1-11(12-5-3-2-4-6-12)19-10-13(9-14(19)20)15(21)18-16-17-7-8-22-16/h2-6,11,13H,7-10H2,1H3,(H,17,18,21). The van der Waals surface area contributed by atoms with Crippen molar-refractivity contribution >= 4 is 28.7 Å². The summed E-state index contributed by atoms with van der Waals surface area (Å²) in [6, 6.07) is 9.89. The van der Waals surface area contributed by atoms with Gasteiger partial charge in [0.25, 0.3) is 0 Å². The first-order valence-electron chi connectivity index (χ1n) is 7.47. The zero-order valence-corrected chi connectivity index (χ0v) is 13.3. The summed E-state index contributed by atoms with van der Waals surface area (Å²) >= 11 is 1.55. The largest absolute Gasteiger partial charge is 0.335 e. The average molecular weight is 317 g/mol. The number of thioether (sulfide) groups is 1. The van der Waals surface area contributed by atoms with Crippen molar-refractivity contribution in [2.45, 2.75) is 19.4 Å². The Hall–Kier alpha value is -1.82. The maximum atomic E-state index is 12.3. The van der Waals surface area contributed by atoms with E-state index in [2.05, 4.69) is 10.3 Å². The maximum absolute atomic E-state index is 12.3. The molecule has 0 saturated carbocycles. The number of carbonyl (C=O) groups is 2. The van der Waals surface area contributed by atoms with E-state index in [1.165, 1.54) is 0 Å². The van der Waals surface area contributed by atoms with Gasteiger partial charge in [0.15, 0.2) is 5.17 Å². The Morgan fingerprint density at radius 2 is 2.18 bits per heavy atom. The monoisotopic (exact) mass is 317 g/mol. The van der Waals surface area contributed by atoms with E-state index < -0.39 is 0 Å². The van der Waals surface area contributed by atoms with E-state index in [-0.39, 0.29) is 30.2 Å². The fraction of sp³-hybridized carbons (Fsp3) is 0.438. The molecular formula is C16H19N3O2S. The van der Waals surface area contributed by atoms with E-state index >= 15 is 0 Å². The van der Waals surface area contributed by atoms with Crippen LogP contribution in [0.1, 0.15) is 24.9 Å². The van der Waals surface area contributed by atoms with Crippen molar-refractivity contribution in [1.29, 1.82) is 0 Å². The molecule has 1 fully saturated rings. The van der Waals surface area contributed by atoms with Gasteiger partial charge in [0.1, 0.15) is 0 Å². The highest BCUT2D eigenvalue weighted by atomic mass is 32.2. The van der Waals surface area contributed by atoms with E-state index in [9.17, 15) is 9.59 Å². The number of hydrogen-bond donors (Lipinski definition) is 1. The number of amides is 2. The van der Waals surface area contributed by atoms with Gasteiger partial charge in [0.05, 0.1) is 18.5 Å². The molecule has 0 radical (unpaired) electrons. The topological polar surface area (TPSA) is 61.8 Å². The van der Waals surface area contributed by atoms with Gasteiger partial charge >= 0.3 is 0 Å². The maximum Gasteiger partial charge on any atom is 0.231 e. The molecule has 2 unspecified atom stereocenters. The van der Waals surface area contributed by atoms with Gasteiger partial charge in [-0.15, -0.1) is 0 Å². The summed E-state index contributed by atoms with van der Waals surface area (Å²) < 4.78 is 0. The second-order valence-electron chi connectivity index (χ2n) is 5.56. The van der Waals surface area contributed by atoms with Crippen molar-refractivity contribution in [3.63, 3.8) is 0 Å². The fourth-order valence-electron chi connectivity index (χ4n) is 2.81. The number of benzene rings is 1. The second-order valence-corrected chi connectivity index (χ2v) is 6.64. The second kappa shape index (κ2) is 6.52. The van der Waals surface area contributed by atoms with Crippen molar-refractivity contribution in [2.75, 3.05) is 18.8 Å². The van der Waals surface area contributed by atoms with Gasteiger partial charge in [-0.05, 0) is 12.5 Å². The third-order valence-corrected chi connectivity index (χ3v) is 4.99. The van der Waals surface area contributed by atoms with Gasteiger partial charge in [-0.3, -0.25) is 14.6 Å². The van der Waals surface area contributed by atoms with E-state index in [0.29, 0.717) is 11.7 Å². The number of carbonyl (C=O) groups excluding carboxylic acids is 2. The van der Waals surface area contributed by atoms with Crippen LogP contribution in [0.4, 0.5) is 0 Å². The van der Waals surface area contributed by atoms with E-state index in [0.717, 1.165) is 17.9 Å². The third-order valence-electron chi connectivity index (χ3n) is 4.09. The smallest absolute Gasteiger partial charge is 0.231 e. The van der Waals surface area contributed by atoms with Crippen LogP contribution in [-0.4, -0.2) is 40.7 Å². The van der Waals surface area contributed by atoms with E-state index in [1.807, 2.05) is 37.3 Å². The quantitative estimate of drug-likeness (QED) is 0.925. The first-order valence-corrected chi connectivity index (χ1v) is 8.46. The molecule has 22 heavy (non-hydrogen) atoms. The van der Waals surface area contributed by atoms with Crippen LogP contribution in [0.5, 0.6) is 0 Å². The van der Waals surface area contributed by atoms with Gasteiger partial charge in [0.2, 0.25) is 11.8 Å². The van der Waals surface area contributed by atoms with Crippen LogP contribution in [0.2, 0.25) is 0 Å². The van der Waals surface area contributed by atoms with Gasteiger partial charge in [-0.1, -0.05) is 42.1 Å². The van der Waals surface area contributed by atoms with Crippen molar-refractivity contribution < 1.29 is 9.59 Å². The van der Waals surface area contributed by atoms with Crippen LogP contribution in [0.25, 0.3) is 0 Å².